The first-order chi connectivity index (χ1) is 9.81. The number of hydrogen-bond donors (Lipinski definition) is 2. The van der Waals surface area contributed by atoms with Gasteiger partial charge in [-0.25, -0.2) is 4.98 Å². The molecule has 4 heteroatoms. The lowest BCUT2D eigenvalue weighted by Gasteiger charge is -1.98. The van der Waals surface area contributed by atoms with Crippen molar-refractivity contribution in [1.29, 1.82) is 0 Å². The second-order valence-corrected chi connectivity index (χ2v) is 5.87. The van der Waals surface area contributed by atoms with Crippen molar-refractivity contribution in [3.05, 3.63) is 59.5 Å². The monoisotopic (exact) mass is 284 g/mol. The minimum absolute atomic E-state index is 0.309. The highest BCUT2D eigenvalue weighted by atomic mass is 32.1. The molecular weight excluding hydrogens is 268 g/mol. The third-order valence-electron chi connectivity index (χ3n) is 3.21. The zero-order valence-electron chi connectivity index (χ0n) is 11.0. The maximum Gasteiger partial charge on any atom is 0.115 e. The number of rotatable bonds is 5. The molecule has 2 aromatic heterocycles. The van der Waals surface area contributed by atoms with Crippen LogP contribution >= 0.6 is 11.3 Å². The zero-order chi connectivity index (χ0) is 13.8. The van der Waals surface area contributed by atoms with Gasteiger partial charge in [0.15, 0.2) is 0 Å². The minimum atomic E-state index is 0.309. The number of aryl methyl sites for hydroxylation is 2. The number of hydrogen-bond acceptors (Lipinski definition) is 3. The average molecular weight is 284 g/mol. The Labute approximate surface area is 122 Å². The summed E-state index contributed by atoms with van der Waals surface area (Å²) in [6.45, 7) is 0. The van der Waals surface area contributed by atoms with Crippen molar-refractivity contribution in [2.45, 2.75) is 19.3 Å². The SMILES string of the molecule is Oc1ccc(-c2ccc(CCCc3ncc[nH]3)s2)cc1. The van der Waals surface area contributed by atoms with E-state index in [0.29, 0.717) is 5.75 Å². The van der Waals surface area contributed by atoms with E-state index in [0.717, 1.165) is 30.7 Å². The van der Waals surface area contributed by atoms with Crippen molar-refractivity contribution < 1.29 is 5.11 Å². The average Bonchev–Trinajstić information content (AvgIpc) is 3.11. The molecule has 0 aliphatic heterocycles. The number of phenolic OH excluding ortho intramolecular Hbond substituents is 1. The molecule has 2 heterocycles. The maximum absolute atomic E-state index is 9.31. The van der Waals surface area contributed by atoms with E-state index < -0.39 is 0 Å². The Bertz CT molecular complexity index is 656. The number of nitrogens with zero attached hydrogens (tertiary/aromatic N) is 1. The maximum atomic E-state index is 9.31. The van der Waals surface area contributed by atoms with Crippen LogP contribution in [0.3, 0.4) is 0 Å². The van der Waals surface area contributed by atoms with Crippen molar-refractivity contribution >= 4 is 11.3 Å². The molecule has 0 radical (unpaired) electrons. The second-order valence-electron chi connectivity index (χ2n) is 4.70. The Morgan fingerprint density at radius 1 is 1.05 bits per heavy atom. The van der Waals surface area contributed by atoms with Crippen LogP contribution in [0.5, 0.6) is 5.75 Å². The Hall–Kier alpha value is -2.07. The lowest BCUT2D eigenvalue weighted by atomic mass is 10.2. The second kappa shape index (κ2) is 5.92. The van der Waals surface area contributed by atoms with Crippen molar-refractivity contribution in [2.75, 3.05) is 0 Å². The molecule has 0 amide bonds. The summed E-state index contributed by atoms with van der Waals surface area (Å²) in [6, 6.07) is 11.7. The molecule has 3 aromatic rings. The van der Waals surface area contributed by atoms with E-state index in [9.17, 15) is 5.11 Å². The lowest BCUT2D eigenvalue weighted by molar-refractivity contribution is 0.475. The van der Waals surface area contributed by atoms with Crippen molar-refractivity contribution in [2.24, 2.45) is 0 Å². The van der Waals surface area contributed by atoms with Crippen molar-refractivity contribution in [3.63, 3.8) is 0 Å². The van der Waals surface area contributed by atoms with Gasteiger partial charge in [0.1, 0.15) is 11.6 Å². The van der Waals surface area contributed by atoms with Crippen LogP contribution in [0.4, 0.5) is 0 Å². The summed E-state index contributed by atoms with van der Waals surface area (Å²) in [7, 11) is 0. The van der Waals surface area contributed by atoms with Crippen LogP contribution in [0.15, 0.2) is 48.8 Å². The molecule has 0 saturated carbocycles. The van der Waals surface area contributed by atoms with Gasteiger partial charge in [-0.1, -0.05) is 0 Å². The quantitative estimate of drug-likeness (QED) is 0.743. The molecule has 102 valence electrons. The van der Waals surface area contributed by atoms with Gasteiger partial charge in [0, 0.05) is 28.6 Å². The van der Waals surface area contributed by atoms with E-state index in [2.05, 4.69) is 22.1 Å². The standard InChI is InChI=1S/C16H16N2OS/c19-13-6-4-12(5-7-13)15-9-8-14(20-15)2-1-3-16-17-10-11-18-16/h4-11,19H,1-3H2,(H,17,18). The lowest BCUT2D eigenvalue weighted by Crippen LogP contribution is -1.89. The summed E-state index contributed by atoms with van der Waals surface area (Å²) in [5, 5.41) is 9.31. The smallest absolute Gasteiger partial charge is 0.115 e. The molecule has 0 saturated heterocycles. The minimum Gasteiger partial charge on any atom is -0.508 e. The van der Waals surface area contributed by atoms with E-state index >= 15 is 0 Å². The highest BCUT2D eigenvalue weighted by Gasteiger charge is 2.04. The van der Waals surface area contributed by atoms with Gasteiger partial charge >= 0.3 is 0 Å². The van der Waals surface area contributed by atoms with E-state index in [1.54, 1.807) is 18.3 Å². The highest BCUT2D eigenvalue weighted by Crippen LogP contribution is 2.29. The molecule has 0 aliphatic carbocycles. The fraction of sp³-hybridized carbons (Fsp3) is 0.188. The number of benzene rings is 1. The molecule has 3 nitrogen and oxygen atoms in total. The largest absolute Gasteiger partial charge is 0.508 e. The van der Waals surface area contributed by atoms with Gasteiger partial charge in [-0.3, -0.25) is 0 Å². The number of aromatic amines is 1. The normalized spacial score (nSPS) is 10.8. The van der Waals surface area contributed by atoms with Gasteiger partial charge in [-0.15, -0.1) is 11.3 Å². The van der Waals surface area contributed by atoms with Crippen molar-refractivity contribution in [1.82, 2.24) is 9.97 Å². The molecule has 2 N–H and O–H groups in total. The number of aromatic nitrogens is 2. The van der Waals surface area contributed by atoms with Gasteiger partial charge in [0.2, 0.25) is 0 Å². The first-order valence-electron chi connectivity index (χ1n) is 6.67. The Morgan fingerprint density at radius 3 is 2.65 bits per heavy atom. The molecule has 1 aromatic carbocycles. The van der Waals surface area contributed by atoms with E-state index in [1.807, 2.05) is 29.7 Å². The summed E-state index contributed by atoms with van der Waals surface area (Å²) >= 11 is 1.82. The van der Waals surface area contributed by atoms with Crippen molar-refractivity contribution in [3.8, 4) is 16.2 Å². The number of H-pyrrole nitrogens is 1. The Kier molecular flexibility index (Phi) is 3.83. The van der Waals surface area contributed by atoms with Crippen LogP contribution in [-0.4, -0.2) is 15.1 Å². The predicted molar refractivity (Wildman–Crippen MR) is 82.0 cm³/mol. The summed E-state index contributed by atoms with van der Waals surface area (Å²) in [5.74, 6) is 1.37. The summed E-state index contributed by atoms with van der Waals surface area (Å²) in [4.78, 5) is 10.00. The van der Waals surface area contributed by atoms with Crippen LogP contribution in [-0.2, 0) is 12.8 Å². The summed E-state index contributed by atoms with van der Waals surface area (Å²) in [6.07, 6.45) is 6.82. The fourth-order valence-corrected chi connectivity index (χ4v) is 3.21. The molecule has 20 heavy (non-hydrogen) atoms. The molecule has 0 bridgehead atoms. The van der Waals surface area contributed by atoms with Gasteiger partial charge in [0.25, 0.3) is 0 Å². The van der Waals surface area contributed by atoms with Crippen LogP contribution in [0.1, 0.15) is 17.1 Å². The van der Waals surface area contributed by atoms with Crippen LogP contribution < -0.4 is 0 Å². The van der Waals surface area contributed by atoms with Crippen LogP contribution in [0.25, 0.3) is 10.4 Å². The molecule has 0 fully saturated rings. The Balaban J connectivity index is 1.60. The molecular formula is C16H16N2OS. The van der Waals surface area contributed by atoms with Crippen LogP contribution in [0, 0.1) is 0 Å². The third-order valence-corrected chi connectivity index (χ3v) is 4.40. The number of imidazole rings is 1. The predicted octanol–water partition coefficient (Wildman–Crippen LogP) is 4.02. The number of aromatic hydroxyl groups is 1. The van der Waals surface area contributed by atoms with Gasteiger partial charge in [-0.2, -0.15) is 0 Å². The first kappa shape index (κ1) is 12.9. The summed E-state index contributed by atoms with van der Waals surface area (Å²) < 4.78 is 0. The summed E-state index contributed by atoms with van der Waals surface area (Å²) in [5.41, 5.74) is 1.16. The number of phenols is 1. The first-order valence-corrected chi connectivity index (χ1v) is 7.49. The Morgan fingerprint density at radius 2 is 1.90 bits per heavy atom. The van der Waals surface area contributed by atoms with E-state index in [1.165, 1.54) is 9.75 Å². The van der Waals surface area contributed by atoms with Crippen LogP contribution in [0.2, 0.25) is 0 Å². The molecule has 0 spiro atoms. The number of nitrogens with one attached hydrogen (secondary N) is 1. The molecule has 3 rings (SSSR count). The topological polar surface area (TPSA) is 48.9 Å². The molecule has 0 atom stereocenters. The number of thiophene rings is 1. The molecule has 0 aliphatic rings. The van der Waals surface area contributed by atoms with E-state index in [-0.39, 0.29) is 0 Å². The third kappa shape index (κ3) is 3.08. The highest BCUT2D eigenvalue weighted by molar-refractivity contribution is 7.15. The van der Waals surface area contributed by atoms with Gasteiger partial charge < -0.3 is 10.1 Å². The van der Waals surface area contributed by atoms with E-state index in [4.69, 9.17) is 0 Å². The molecule has 0 unspecified atom stereocenters. The van der Waals surface area contributed by atoms with Gasteiger partial charge in [-0.05, 0) is 54.8 Å². The van der Waals surface area contributed by atoms with Gasteiger partial charge in [0.05, 0.1) is 0 Å². The zero-order valence-corrected chi connectivity index (χ0v) is 11.9. The fourth-order valence-electron chi connectivity index (χ4n) is 2.16.